The van der Waals surface area contributed by atoms with Crippen LogP contribution in [0.15, 0.2) is 6.33 Å². The summed E-state index contributed by atoms with van der Waals surface area (Å²) < 4.78 is 5.25. The second-order valence-corrected chi connectivity index (χ2v) is 2.70. The first-order valence-corrected chi connectivity index (χ1v) is 4.18. The molecule has 0 saturated heterocycles. The van der Waals surface area contributed by atoms with E-state index in [1.807, 2.05) is 6.92 Å². The van der Waals surface area contributed by atoms with Crippen molar-refractivity contribution in [1.82, 2.24) is 19.9 Å². The van der Waals surface area contributed by atoms with E-state index in [9.17, 15) is 0 Å². The van der Waals surface area contributed by atoms with Crippen LogP contribution in [0, 0.1) is 0 Å². The van der Waals surface area contributed by atoms with E-state index in [4.69, 9.17) is 16.3 Å². The van der Waals surface area contributed by atoms with Crippen LogP contribution < -0.4 is 4.74 Å². The average Bonchev–Trinajstić information content (AvgIpc) is 2.47. The molecular formula is C7H7ClN4O. The Bertz CT molecular complexity index is 427. The summed E-state index contributed by atoms with van der Waals surface area (Å²) in [6, 6.07) is 0. The minimum atomic E-state index is 0.288. The number of H-pyrrole nitrogens is 1. The van der Waals surface area contributed by atoms with Gasteiger partial charge in [-0.2, -0.15) is 9.97 Å². The second kappa shape index (κ2) is 3.18. The number of nitrogens with zero attached hydrogens (tertiary/aromatic N) is 3. The van der Waals surface area contributed by atoms with Crippen molar-refractivity contribution in [1.29, 1.82) is 0 Å². The smallest absolute Gasteiger partial charge is 0.243 e. The van der Waals surface area contributed by atoms with Crippen LogP contribution >= 0.6 is 11.6 Å². The topological polar surface area (TPSA) is 63.7 Å². The number of hydrogen-bond acceptors (Lipinski definition) is 4. The molecule has 2 aromatic rings. The maximum absolute atomic E-state index is 5.67. The Hall–Kier alpha value is -1.36. The highest BCUT2D eigenvalue weighted by atomic mass is 35.5. The zero-order valence-electron chi connectivity index (χ0n) is 6.91. The molecule has 0 aliphatic rings. The summed E-state index contributed by atoms with van der Waals surface area (Å²) in [7, 11) is 0. The van der Waals surface area contributed by atoms with Gasteiger partial charge in [0.05, 0.1) is 6.61 Å². The summed E-state index contributed by atoms with van der Waals surface area (Å²) in [6.45, 7) is 2.43. The van der Waals surface area contributed by atoms with Gasteiger partial charge in [0, 0.05) is 0 Å². The summed E-state index contributed by atoms with van der Waals surface area (Å²) in [5.41, 5.74) is 1.15. The summed E-state index contributed by atoms with van der Waals surface area (Å²) >= 11 is 5.67. The monoisotopic (exact) mass is 198 g/mol. The van der Waals surface area contributed by atoms with Crippen LogP contribution in [0.3, 0.4) is 0 Å². The number of ether oxygens (including phenoxy) is 1. The van der Waals surface area contributed by atoms with Crippen molar-refractivity contribution in [3.8, 4) is 5.88 Å². The van der Waals surface area contributed by atoms with Gasteiger partial charge in [-0.25, -0.2) is 4.98 Å². The van der Waals surface area contributed by atoms with Crippen LogP contribution in [-0.4, -0.2) is 26.5 Å². The predicted molar refractivity (Wildman–Crippen MR) is 47.9 cm³/mol. The van der Waals surface area contributed by atoms with Crippen LogP contribution in [0.1, 0.15) is 6.92 Å². The molecule has 0 spiro atoms. The van der Waals surface area contributed by atoms with Crippen LogP contribution in [0.25, 0.3) is 11.2 Å². The first-order chi connectivity index (χ1) is 6.31. The molecule has 0 fully saturated rings. The molecule has 0 aliphatic heterocycles. The summed E-state index contributed by atoms with van der Waals surface area (Å²) in [6.07, 6.45) is 1.39. The standard InChI is InChI=1S/C7H7ClN4O/c1-2-13-6-4-5(9-3-10-6)12-7(8)11-4/h3H,2H2,1H3,(H,9,10,11,12). The summed E-state index contributed by atoms with van der Waals surface area (Å²) in [5, 5.41) is 0.288. The fourth-order valence-corrected chi connectivity index (χ4v) is 1.20. The first-order valence-electron chi connectivity index (χ1n) is 3.80. The van der Waals surface area contributed by atoms with E-state index < -0.39 is 0 Å². The van der Waals surface area contributed by atoms with Gasteiger partial charge < -0.3 is 9.72 Å². The van der Waals surface area contributed by atoms with Crippen molar-refractivity contribution < 1.29 is 4.74 Å². The highest BCUT2D eigenvalue weighted by Gasteiger charge is 2.08. The molecule has 0 aliphatic carbocycles. The molecule has 0 atom stereocenters. The van der Waals surface area contributed by atoms with Gasteiger partial charge in [-0.1, -0.05) is 0 Å². The lowest BCUT2D eigenvalue weighted by Gasteiger charge is -1.99. The molecule has 0 aromatic carbocycles. The SMILES string of the molecule is CCOc1ncnc2nc(Cl)[nH]c12. The molecule has 2 heterocycles. The number of halogens is 1. The number of nitrogens with one attached hydrogen (secondary N) is 1. The largest absolute Gasteiger partial charge is 0.476 e. The molecule has 0 amide bonds. The maximum atomic E-state index is 5.67. The van der Waals surface area contributed by atoms with E-state index >= 15 is 0 Å². The van der Waals surface area contributed by atoms with E-state index in [0.717, 1.165) is 0 Å². The fourth-order valence-electron chi connectivity index (χ4n) is 1.03. The normalized spacial score (nSPS) is 10.6. The van der Waals surface area contributed by atoms with Gasteiger partial charge in [-0.05, 0) is 18.5 Å². The van der Waals surface area contributed by atoms with Crippen LogP contribution in [0.2, 0.25) is 5.28 Å². The molecule has 6 heteroatoms. The average molecular weight is 199 g/mol. The zero-order chi connectivity index (χ0) is 9.26. The molecule has 0 radical (unpaired) electrons. The van der Waals surface area contributed by atoms with E-state index in [1.54, 1.807) is 0 Å². The number of aromatic nitrogens is 4. The molecule has 2 rings (SSSR count). The first kappa shape index (κ1) is 8.25. The Labute approximate surface area is 79.1 Å². The van der Waals surface area contributed by atoms with Gasteiger partial charge in [0.2, 0.25) is 11.2 Å². The van der Waals surface area contributed by atoms with E-state index in [1.165, 1.54) is 6.33 Å². The van der Waals surface area contributed by atoms with Crippen molar-refractivity contribution in [2.75, 3.05) is 6.61 Å². The molecule has 0 saturated carbocycles. The third-order valence-electron chi connectivity index (χ3n) is 1.51. The van der Waals surface area contributed by atoms with E-state index in [2.05, 4.69) is 19.9 Å². The minimum Gasteiger partial charge on any atom is -0.476 e. The molecule has 0 bridgehead atoms. The maximum Gasteiger partial charge on any atom is 0.243 e. The molecule has 2 aromatic heterocycles. The lowest BCUT2D eigenvalue weighted by molar-refractivity contribution is 0.330. The van der Waals surface area contributed by atoms with Crippen molar-refractivity contribution >= 4 is 22.8 Å². The third-order valence-corrected chi connectivity index (χ3v) is 1.68. The van der Waals surface area contributed by atoms with Gasteiger partial charge in [-0.3, -0.25) is 0 Å². The fraction of sp³-hybridized carbons (Fsp3) is 0.286. The minimum absolute atomic E-state index is 0.288. The molecule has 68 valence electrons. The lowest BCUT2D eigenvalue weighted by Crippen LogP contribution is -1.95. The van der Waals surface area contributed by atoms with Crippen LogP contribution in [0.5, 0.6) is 5.88 Å². The summed E-state index contributed by atoms with van der Waals surface area (Å²) in [4.78, 5) is 14.6. The highest BCUT2D eigenvalue weighted by molar-refractivity contribution is 6.29. The van der Waals surface area contributed by atoms with Crippen molar-refractivity contribution in [3.05, 3.63) is 11.6 Å². The van der Waals surface area contributed by atoms with E-state index in [-0.39, 0.29) is 5.28 Å². The Kier molecular flexibility index (Phi) is 2.02. The highest BCUT2D eigenvalue weighted by Crippen LogP contribution is 2.20. The Morgan fingerprint density at radius 1 is 1.54 bits per heavy atom. The van der Waals surface area contributed by atoms with Crippen molar-refractivity contribution in [3.63, 3.8) is 0 Å². The Morgan fingerprint density at radius 2 is 2.38 bits per heavy atom. The van der Waals surface area contributed by atoms with Crippen molar-refractivity contribution in [2.24, 2.45) is 0 Å². The van der Waals surface area contributed by atoms with Crippen LogP contribution in [0.4, 0.5) is 0 Å². The summed E-state index contributed by atoms with van der Waals surface area (Å²) in [5.74, 6) is 0.479. The molecule has 5 nitrogen and oxygen atoms in total. The third kappa shape index (κ3) is 1.42. The molecule has 0 unspecified atom stereocenters. The van der Waals surface area contributed by atoms with Gasteiger partial charge in [0.15, 0.2) is 5.65 Å². The number of fused-ring (bicyclic) bond motifs is 1. The predicted octanol–water partition coefficient (Wildman–Crippen LogP) is 1.40. The van der Waals surface area contributed by atoms with Gasteiger partial charge in [0.1, 0.15) is 11.8 Å². The Morgan fingerprint density at radius 3 is 3.15 bits per heavy atom. The van der Waals surface area contributed by atoms with Gasteiger partial charge >= 0.3 is 0 Å². The van der Waals surface area contributed by atoms with Gasteiger partial charge in [0.25, 0.3) is 0 Å². The zero-order valence-corrected chi connectivity index (χ0v) is 7.67. The number of aromatic amines is 1. The Balaban J connectivity index is 2.60. The van der Waals surface area contributed by atoms with Crippen LogP contribution in [-0.2, 0) is 0 Å². The second-order valence-electron chi connectivity index (χ2n) is 2.34. The number of rotatable bonds is 2. The molecular weight excluding hydrogens is 192 g/mol. The number of hydrogen-bond donors (Lipinski definition) is 1. The number of imidazole rings is 1. The van der Waals surface area contributed by atoms with Crippen molar-refractivity contribution in [2.45, 2.75) is 6.92 Å². The lowest BCUT2D eigenvalue weighted by atomic mass is 10.5. The molecule has 1 N–H and O–H groups in total. The van der Waals surface area contributed by atoms with E-state index in [0.29, 0.717) is 23.7 Å². The quantitative estimate of drug-likeness (QED) is 0.741. The molecule has 13 heavy (non-hydrogen) atoms. The van der Waals surface area contributed by atoms with Gasteiger partial charge in [-0.15, -0.1) is 0 Å².